The van der Waals surface area contributed by atoms with Crippen LogP contribution in [-0.2, 0) is 11.2 Å². The third-order valence-corrected chi connectivity index (χ3v) is 3.52. The molecule has 0 saturated heterocycles. The molecule has 0 spiro atoms. The average molecular weight is 285 g/mol. The summed E-state index contributed by atoms with van der Waals surface area (Å²) in [5.74, 6) is -0.327. The molecule has 2 aromatic rings. The van der Waals surface area contributed by atoms with Gasteiger partial charge < -0.3 is 4.90 Å². The first-order chi connectivity index (χ1) is 10.0. The van der Waals surface area contributed by atoms with Crippen LogP contribution >= 0.6 is 0 Å². The van der Waals surface area contributed by atoms with Crippen LogP contribution in [-0.4, -0.2) is 12.5 Å². The fraction of sp³-hybridized carbons (Fsp3) is 0.278. The Morgan fingerprint density at radius 2 is 1.90 bits per heavy atom. The molecule has 0 unspecified atom stereocenters. The van der Waals surface area contributed by atoms with Gasteiger partial charge in [0.25, 0.3) is 0 Å². The van der Waals surface area contributed by atoms with Crippen molar-refractivity contribution in [3.8, 4) is 0 Å². The van der Waals surface area contributed by atoms with E-state index in [9.17, 15) is 9.18 Å². The second kappa shape index (κ2) is 6.53. The number of aryl methyl sites for hydroxylation is 2. The highest BCUT2D eigenvalue weighted by Crippen LogP contribution is 2.22. The number of nitrogens with zero attached hydrogens (tertiary/aromatic N) is 1. The summed E-state index contributed by atoms with van der Waals surface area (Å²) in [4.78, 5) is 14.3. The van der Waals surface area contributed by atoms with E-state index in [-0.39, 0.29) is 18.1 Å². The molecule has 1 amide bonds. The Kier molecular flexibility index (Phi) is 4.73. The van der Waals surface area contributed by atoms with Crippen molar-refractivity contribution in [2.75, 3.05) is 11.4 Å². The number of carbonyl (C=O) groups is 1. The molecular formula is C18H20FNO. The minimum Gasteiger partial charge on any atom is -0.312 e. The molecule has 0 heterocycles. The molecule has 0 radical (unpaired) electrons. The van der Waals surface area contributed by atoms with E-state index < -0.39 is 0 Å². The third-order valence-electron chi connectivity index (χ3n) is 3.52. The van der Waals surface area contributed by atoms with Crippen LogP contribution in [0.15, 0.2) is 42.5 Å². The van der Waals surface area contributed by atoms with Crippen LogP contribution in [0.5, 0.6) is 0 Å². The van der Waals surface area contributed by atoms with Crippen molar-refractivity contribution in [3.63, 3.8) is 0 Å². The van der Waals surface area contributed by atoms with Gasteiger partial charge in [-0.25, -0.2) is 4.39 Å². The zero-order valence-electron chi connectivity index (χ0n) is 12.7. The summed E-state index contributed by atoms with van der Waals surface area (Å²) in [6.07, 6.45) is 0.207. The summed E-state index contributed by atoms with van der Waals surface area (Å²) < 4.78 is 13.2. The normalized spacial score (nSPS) is 10.5. The highest BCUT2D eigenvalue weighted by atomic mass is 19.1. The molecule has 0 aliphatic carbocycles. The van der Waals surface area contributed by atoms with Crippen LogP contribution < -0.4 is 4.90 Å². The van der Waals surface area contributed by atoms with Gasteiger partial charge in [-0.05, 0) is 55.7 Å². The molecule has 0 N–H and O–H groups in total. The van der Waals surface area contributed by atoms with Crippen molar-refractivity contribution in [2.45, 2.75) is 27.2 Å². The molecule has 3 heteroatoms. The number of hydrogen-bond donors (Lipinski definition) is 0. The number of benzene rings is 2. The van der Waals surface area contributed by atoms with Gasteiger partial charge in [0.1, 0.15) is 5.82 Å². The lowest BCUT2D eigenvalue weighted by molar-refractivity contribution is -0.117. The molecule has 110 valence electrons. The largest absolute Gasteiger partial charge is 0.312 e. The van der Waals surface area contributed by atoms with E-state index in [0.29, 0.717) is 12.1 Å². The average Bonchev–Trinajstić information content (AvgIpc) is 2.43. The number of rotatable bonds is 4. The third kappa shape index (κ3) is 3.69. The molecule has 21 heavy (non-hydrogen) atoms. The fourth-order valence-electron chi connectivity index (χ4n) is 2.41. The number of halogens is 1. The molecule has 2 nitrogen and oxygen atoms in total. The van der Waals surface area contributed by atoms with Crippen molar-refractivity contribution in [1.29, 1.82) is 0 Å². The van der Waals surface area contributed by atoms with E-state index in [0.717, 1.165) is 16.8 Å². The van der Waals surface area contributed by atoms with Crippen molar-refractivity contribution in [1.82, 2.24) is 0 Å². The maximum absolute atomic E-state index is 13.2. The Labute approximate surface area is 125 Å². The number of hydrogen-bond acceptors (Lipinski definition) is 1. The molecule has 0 bridgehead atoms. The van der Waals surface area contributed by atoms with Gasteiger partial charge in [0, 0.05) is 12.2 Å². The van der Waals surface area contributed by atoms with Crippen molar-refractivity contribution < 1.29 is 9.18 Å². The Hall–Kier alpha value is -2.16. The second-order valence-corrected chi connectivity index (χ2v) is 5.23. The van der Waals surface area contributed by atoms with Gasteiger partial charge in [0.2, 0.25) is 5.91 Å². The molecule has 0 saturated carbocycles. The first-order valence-corrected chi connectivity index (χ1v) is 7.13. The van der Waals surface area contributed by atoms with E-state index in [1.807, 2.05) is 39.0 Å². The molecule has 2 aromatic carbocycles. The Morgan fingerprint density at radius 1 is 1.14 bits per heavy atom. The van der Waals surface area contributed by atoms with E-state index in [1.165, 1.54) is 12.1 Å². The molecule has 0 atom stereocenters. The van der Waals surface area contributed by atoms with Crippen LogP contribution in [0.2, 0.25) is 0 Å². The van der Waals surface area contributed by atoms with E-state index in [2.05, 4.69) is 0 Å². The van der Waals surface area contributed by atoms with Crippen molar-refractivity contribution >= 4 is 11.6 Å². The molecule has 0 aromatic heterocycles. The molecule has 2 rings (SSSR count). The Morgan fingerprint density at radius 3 is 2.57 bits per heavy atom. The van der Waals surface area contributed by atoms with Crippen molar-refractivity contribution in [2.24, 2.45) is 0 Å². The van der Waals surface area contributed by atoms with Gasteiger partial charge in [-0.1, -0.05) is 24.3 Å². The lowest BCUT2D eigenvalue weighted by Gasteiger charge is -2.23. The minimum absolute atomic E-state index is 0.0169. The first kappa shape index (κ1) is 15.2. The summed E-state index contributed by atoms with van der Waals surface area (Å²) >= 11 is 0. The van der Waals surface area contributed by atoms with Gasteiger partial charge in [0.05, 0.1) is 6.42 Å². The summed E-state index contributed by atoms with van der Waals surface area (Å²) in [6, 6.07) is 12.3. The van der Waals surface area contributed by atoms with Crippen molar-refractivity contribution in [3.05, 3.63) is 65.0 Å². The number of likely N-dealkylation sites (N-methyl/N-ethyl adjacent to an activating group) is 1. The predicted molar refractivity (Wildman–Crippen MR) is 84.0 cm³/mol. The molecule has 0 fully saturated rings. The van der Waals surface area contributed by atoms with Crippen LogP contribution in [0.3, 0.4) is 0 Å². The van der Waals surface area contributed by atoms with Gasteiger partial charge in [-0.3, -0.25) is 4.79 Å². The van der Waals surface area contributed by atoms with Gasteiger partial charge >= 0.3 is 0 Å². The first-order valence-electron chi connectivity index (χ1n) is 7.13. The summed E-state index contributed by atoms with van der Waals surface area (Å²) in [5, 5.41) is 0. The van der Waals surface area contributed by atoms with E-state index in [4.69, 9.17) is 0 Å². The maximum atomic E-state index is 13.2. The minimum atomic E-state index is -0.310. The van der Waals surface area contributed by atoms with E-state index >= 15 is 0 Å². The Bertz CT molecular complexity index is 651. The standard InChI is InChI=1S/C18H20FNO/c1-4-20(17-10-13(2)8-9-14(17)3)18(21)12-15-6-5-7-16(19)11-15/h5-11H,4,12H2,1-3H3. The quantitative estimate of drug-likeness (QED) is 0.830. The molecular weight excluding hydrogens is 265 g/mol. The highest BCUT2D eigenvalue weighted by Gasteiger charge is 2.16. The van der Waals surface area contributed by atoms with Gasteiger partial charge in [-0.2, -0.15) is 0 Å². The van der Waals surface area contributed by atoms with Crippen LogP contribution in [0.25, 0.3) is 0 Å². The number of carbonyl (C=O) groups excluding carboxylic acids is 1. The van der Waals surface area contributed by atoms with Gasteiger partial charge in [0.15, 0.2) is 0 Å². The van der Waals surface area contributed by atoms with E-state index in [1.54, 1.807) is 17.0 Å². The molecule has 0 aliphatic heterocycles. The zero-order chi connectivity index (χ0) is 15.4. The lowest BCUT2D eigenvalue weighted by Crippen LogP contribution is -2.32. The predicted octanol–water partition coefficient (Wildman–Crippen LogP) is 4.04. The number of anilines is 1. The summed E-state index contributed by atoms with van der Waals surface area (Å²) in [6.45, 7) is 6.55. The molecule has 0 aliphatic rings. The van der Waals surface area contributed by atoms with Gasteiger partial charge in [-0.15, -0.1) is 0 Å². The second-order valence-electron chi connectivity index (χ2n) is 5.23. The summed E-state index contributed by atoms with van der Waals surface area (Å²) in [7, 11) is 0. The monoisotopic (exact) mass is 285 g/mol. The Balaban J connectivity index is 2.24. The zero-order valence-corrected chi connectivity index (χ0v) is 12.7. The highest BCUT2D eigenvalue weighted by molar-refractivity contribution is 5.95. The number of amides is 1. The maximum Gasteiger partial charge on any atom is 0.231 e. The smallest absolute Gasteiger partial charge is 0.231 e. The summed E-state index contributed by atoms with van der Waals surface area (Å²) in [5.41, 5.74) is 3.81. The van der Waals surface area contributed by atoms with Crippen LogP contribution in [0, 0.1) is 19.7 Å². The van der Waals surface area contributed by atoms with Crippen LogP contribution in [0.1, 0.15) is 23.6 Å². The topological polar surface area (TPSA) is 20.3 Å². The SMILES string of the molecule is CCN(C(=O)Cc1cccc(F)c1)c1cc(C)ccc1C. The van der Waals surface area contributed by atoms with Crippen LogP contribution in [0.4, 0.5) is 10.1 Å². The fourth-order valence-corrected chi connectivity index (χ4v) is 2.41. The lowest BCUT2D eigenvalue weighted by atomic mass is 10.1.